The minimum absolute atomic E-state index is 0.250. The Labute approximate surface area is 102 Å². The van der Waals surface area contributed by atoms with Crippen LogP contribution in [0.4, 0.5) is 4.79 Å². The number of nitrogens with one attached hydrogen (secondary N) is 1. The highest BCUT2D eigenvalue weighted by Gasteiger charge is 2.27. The molecule has 17 heavy (non-hydrogen) atoms. The van der Waals surface area contributed by atoms with Crippen molar-refractivity contribution in [3.05, 3.63) is 0 Å². The Hall–Kier alpha value is -1.26. The van der Waals surface area contributed by atoms with Crippen molar-refractivity contribution in [3.8, 4) is 0 Å². The summed E-state index contributed by atoms with van der Waals surface area (Å²) in [5.41, 5.74) is 0. The van der Waals surface area contributed by atoms with Gasteiger partial charge in [-0.1, -0.05) is 13.3 Å². The predicted octanol–water partition coefficient (Wildman–Crippen LogP) is 1.68. The number of carboxylic acid groups (broad SMARTS) is 1. The van der Waals surface area contributed by atoms with Crippen LogP contribution in [0.25, 0.3) is 0 Å². The maximum atomic E-state index is 11.9. The number of hydrogen-bond acceptors (Lipinski definition) is 2. The van der Waals surface area contributed by atoms with E-state index in [9.17, 15) is 9.59 Å². The highest BCUT2D eigenvalue weighted by Crippen LogP contribution is 2.29. The lowest BCUT2D eigenvalue weighted by atomic mass is 10.2. The first-order chi connectivity index (χ1) is 8.08. The lowest BCUT2D eigenvalue weighted by Gasteiger charge is -2.23. The molecule has 0 unspecified atom stereocenters. The van der Waals surface area contributed by atoms with Gasteiger partial charge in [-0.2, -0.15) is 0 Å². The van der Waals surface area contributed by atoms with Gasteiger partial charge < -0.3 is 15.3 Å². The SMILES string of the molecule is CCC[C@H](NC(=O)N(CC)CC1CC1)C(=O)O. The van der Waals surface area contributed by atoms with Gasteiger partial charge >= 0.3 is 12.0 Å². The molecule has 98 valence electrons. The minimum atomic E-state index is -0.956. The molecular formula is C12H22N2O3. The van der Waals surface area contributed by atoms with Crippen molar-refractivity contribution in [1.82, 2.24) is 10.2 Å². The molecule has 0 radical (unpaired) electrons. The van der Waals surface area contributed by atoms with Crippen LogP contribution in [0.15, 0.2) is 0 Å². The fourth-order valence-electron chi connectivity index (χ4n) is 1.75. The molecule has 0 aliphatic heterocycles. The van der Waals surface area contributed by atoms with Crippen LogP contribution in [0.2, 0.25) is 0 Å². The number of carboxylic acids is 1. The summed E-state index contributed by atoms with van der Waals surface area (Å²) in [4.78, 5) is 24.5. The second-order valence-electron chi connectivity index (χ2n) is 4.61. The molecule has 1 aliphatic rings. The van der Waals surface area contributed by atoms with Crippen LogP contribution in [0.5, 0.6) is 0 Å². The lowest BCUT2D eigenvalue weighted by molar-refractivity contribution is -0.139. The highest BCUT2D eigenvalue weighted by atomic mass is 16.4. The van der Waals surface area contributed by atoms with Crippen LogP contribution in [0.1, 0.15) is 39.5 Å². The van der Waals surface area contributed by atoms with E-state index in [2.05, 4.69) is 5.32 Å². The van der Waals surface area contributed by atoms with E-state index in [0.29, 0.717) is 18.9 Å². The topological polar surface area (TPSA) is 69.6 Å². The molecule has 0 aromatic carbocycles. The van der Waals surface area contributed by atoms with Gasteiger partial charge in [-0.25, -0.2) is 9.59 Å². The standard InChI is InChI=1S/C12H22N2O3/c1-3-5-10(11(15)16)13-12(17)14(4-2)8-9-6-7-9/h9-10H,3-8H2,1-2H3,(H,13,17)(H,15,16)/t10-/m0/s1. The summed E-state index contributed by atoms with van der Waals surface area (Å²) in [6, 6.07) is -1.01. The number of aliphatic carboxylic acids is 1. The van der Waals surface area contributed by atoms with Crippen LogP contribution in [0.3, 0.4) is 0 Å². The number of nitrogens with zero attached hydrogens (tertiary/aromatic N) is 1. The van der Waals surface area contributed by atoms with Crippen LogP contribution in [0, 0.1) is 5.92 Å². The van der Waals surface area contributed by atoms with Crippen LogP contribution < -0.4 is 5.32 Å². The molecule has 5 heteroatoms. The molecule has 0 aromatic rings. The minimum Gasteiger partial charge on any atom is -0.480 e. The van der Waals surface area contributed by atoms with Crippen molar-refractivity contribution in [2.24, 2.45) is 5.92 Å². The highest BCUT2D eigenvalue weighted by molar-refractivity contribution is 5.82. The maximum Gasteiger partial charge on any atom is 0.326 e. The van der Waals surface area contributed by atoms with Crippen molar-refractivity contribution >= 4 is 12.0 Å². The van der Waals surface area contributed by atoms with E-state index < -0.39 is 12.0 Å². The van der Waals surface area contributed by atoms with Crippen LogP contribution in [-0.4, -0.2) is 41.1 Å². The van der Waals surface area contributed by atoms with Crippen molar-refractivity contribution in [1.29, 1.82) is 0 Å². The van der Waals surface area contributed by atoms with Crippen molar-refractivity contribution < 1.29 is 14.7 Å². The number of amides is 2. The molecule has 1 fully saturated rings. The average molecular weight is 242 g/mol. The van der Waals surface area contributed by atoms with Gasteiger partial charge in [0.2, 0.25) is 0 Å². The van der Waals surface area contributed by atoms with E-state index in [4.69, 9.17) is 5.11 Å². The zero-order valence-electron chi connectivity index (χ0n) is 10.6. The van der Waals surface area contributed by atoms with Gasteiger partial charge in [0.25, 0.3) is 0 Å². The maximum absolute atomic E-state index is 11.9. The number of hydrogen-bond donors (Lipinski definition) is 2. The summed E-state index contributed by atoms with van der Waals surface area (Å²) in [6.45, 7) is 5.20. The number of rotatable bonds is 7. The second kappa shape index (κ2) is 6.47. The Morgan fingerprint density at radius 1 is 1.41 bits per heavy atom. The molecule has 1 saturated carbocycles. The van der Waals surface area contributed by atoms with E-state index >= 15 is 0 Å². The Bertz CT molecular complexity index is 277. The summed E-state index contributed by atoms with van der Waals surface area (Å²) in [5, 5.41) is 11.6. The smallest absolute Gasteiger partial charge is 0.326 e. The first-order valence-corrected chi connectivity index (χ1v) is 6.36. The average Bonchev–Trinajstić information content (AvgIpc) is 3.08. The first kappa shape index (κ1) is 13.8. The van der Waals surface area contributed by atoms with Gasteiger partial charge in [0.1, 0.15) is 6.04 Å². The van der Waals surface area contributed by atoms with E-state index in [1.54, 1.807) is 4.90 Å². The molecule has 0 bridgehead atoms. The third kappa shape index (κ3) is 4.63. The quantitative estimate of drug-likeness (QED) is 0.713. The van der Waals surface area contributed by atoms with E-state index in [1.807, 2.05) is 13.8 Å². The van der Waals surface area contributed by atoms with E-state index in [1.165, 1.54) is 12.8 Å². The predicted molar refractivity (Wildman–Crippen MR) is 64.8 cm³/mol. The molecule has 0 aromatic heterocycles. The van der Waals surface area contributed by atoms with Gasteiger partial charge in [-0.15, -0.1) is 0 Å². The van der Waals surface area contributed by atoms with Gasteiger partial charge in [0.15, 0.2) is 0 Å². The summed E-state index contributed by atoms with van der Waals surface area (Å²) >= 11 is 0. The molecule has 0 spiro atoms. The molecule has 2 amide bonds. The van der Waals surface area contributed by atoms with Crippen molar-refractivity contribution in [2.75, 3.05) is 13.1 Å². The number of carbonyl (C=O) groups excluding carboxylic acids is 1. The Kier molecular flexibility index (Phi) is 5.25. The van der Waals surface area contributed by atoms with E-state index in [-0.39, 0.29) is 6.03 Å². The molecule has 2 N–H and O–H groups in total. The van der Waals surface area contributed by atoms with Crippen LogP contribution in [-0.2, 0) is 4.79 Å². The van der Waals surface area contributed by atoms with Crippen molar-refractivity contribution in [2.45, 2.75) is 45.6 Å². The monoisotopic (exact) mass is 242 g/mol. The Balaban J connectivity index is 2.44. The fraction of sp³-hybridized carbons (Fsp3) is 0.833. The normalized spacial score (nSPS) is 16.4. The molecule has 1 aliphatic carbocycles. The van der Waals surface area contributed by atoms with Gasteiger partial charge in [0, 0.05) is 13.1 Å². The molecule has 1 rings (SSSR count). The molecule has 0 saturated heterocycles. The van der Waals surface area contributed by atoms with Gasteiger partial charge in [-0.05, 0) is 32.1 Å². The molecule has 0 heterocycles. The van der Waals surface area contributed by atoms with Gasteiger partial charge in [-0.3, -0.25) is 0 Å². The van der Waals surface area contributed by atoms with Crippen LogP contribution >= 0.6 is 0 Å². The number of carbonyl (C=O) groups is 2. The first-order valence-electron chi connectivity index (χ1n) is 6.36. The lowest BCUT2D eigenvalue weighted by Crippen LogP contribution is -2.48. The summed E-state index contributed by atoms with van der Waals surface area (Å²) < 4.78 is 0. The number of urea groups is 1. The zero-order valence-corrected chi connectivity index (χ0v) is 10.6. The fourth-order valence-corrected chi connectivity index (χ4v) is 1.75. The zero-order chi connectivity index (χ0) is 12.8. The third-order valence-electron chi connectivity index (χ3n) is 3.02. The van der Waals surface area contributed by atoms with E-state index in [0.717, 1.165) is 13.0 Å². The summed E-state index contributed by atoms with van der Waals surface area (Å²) in [7, 11) is 0. The Morgan fingerprint density at radius 2 is 2.06 bits per heavy atom. The van der Waals surface area contributed by atoms with Crippen molar-refractivity contribution in [3.63, 3.8) is 0 Å². The molecular weight excluding hydrogens is 220 g/mol. The molecule has 1 atom stereocenters. The largest absolute Gasteiger partial charge is 0.480 e. The summed E-state index contributed by atoms with van der Waals surface area (Å²) in [5.74, 6) is -0.335. The summed E-state index contributed by atoms with van der Waals surface area (Å²) in [6.07, 6.45) is 3.58. The Morgan fingerprint density at radius 3 is 2.47 bits per heavy atom. The second-order valence-corrected chi connectivity index (χ2v) is 4.61. The third-order valence-corrected chi connectivity index (χ3v) is 3.02. The van der Waals surface area contributed by atoms with Gasteiger partial charge in [0.05, 0.1) is 0 Å². The molecule has 5 nitrogen and oxygen atoms in total.